The van der Waals surface area contributed by atoms with Crippen LogP contribution in [0.15, 0.2) is 102 Å². The van der Waals surface area contributed by atoms with Crippen LogP contribution in [0.2, 0.25) is 0 Å². The second-order valence-corrected chi connectivity index (χ2v) is 10.1. The number of anilines is 5. The lowest BCUT2D eigenvalue weighted by Gasteiger charge is -2.12. The normalized spacial score (nSPS) is 11.2. The molecular formula is C27H25N7O2S. The highest BCUT2D eigenvalue weighted by molar-refractivity contribution is 7.92. The van der Waals surface area contributed by atoms with Gasteiger partial charge in [-0.15, -0.1) is 0 Å². The molecule has 0 aliphatic heterocycles. The van der Waals surface area contributed by atoms with Gasteiger partial charge < -0.3 is 10.6 Å². The first kappa shape index (κ1) is 24.0. The minimum atomic E-state index is -3.74. The van der Waals surface area contributed by atoms with Crippen LogP contribution in [0.5, 0.6) is 0 Å². The third-order valence-corrected chi connectivity index (χ3v) is 6.88. The number of nitrogens with zero attached hydrogens (tertiary/aromatic N) is 4. The Hall–Kier alpha value is -4.70. The van der Waals surface area contributed by atoms with E-state index >= 15 is 0 Å². The summed E-state index contributed by atoms with van der Waals surface area (Å²) in [5.74, 6) is 1.90. The number of hydrogen-bond donors (Lipinski definition) is 3. The minimum Gasteiger partial charge on any atom is -0.340 e. The predicted molar refractivity (Wildman–Crippen MR) is 145 cm³/mol. The van der Waals surface area contributed by atoms with Gasteiger partial charge in [0, 0.05) is 35.5 Å². The first-order valence-electron chi connectivity index (χ1n) is 11.5. The van der Waals surface area contributed by atoms with Crippen LogP contribution < -0.4 is 15.4 Å². The number of nitrogens with one attached hydrogen (secondary N) is 3. The molecule has 0 saturated heterocycles. The molecule has 2 heterocycles. The lowest BCUT2D eigenvalue weighted by atomic mass is 10.2. The molecule has 0 spiro atoms. The van der Waals surface area contributed by atoms with E-state index in [0.717, 1.165) is 17.1 Å². The van der Waals surface area contributed by atoms with Crippen LogP contribution in [-0.4, -0.2) is 28.2 Å². The summed E-state index contributed by atoms with van der Waals surface area (Å²) in [6, 6.07) is 25.1. The van der Waals surface area contributed by atoms with Crippen molar-refractivity contribution in [2.24, 2.45) is 0 Å². The molecule has 0 atom stereocenters. The fourth-order valence-corrected chi connectivity index (χ4v) is 4.72. The van der Waals surface area contributed by atoms with E-state index in [2.05, 4.69) is 30.4 Å². The van der Waals surface area contributed by atoms with Crippen molar-refractivity contribution in [3.05, 3.63) is 109 Å². The van der Waals surface area contributed by atoms with E-state index in [1.807, 2.05) is 44.2 Å². The molecule has 3 aromatic carbocycles. The zero-order valence-electron chi connectivity index (χ0n) is 20.3. The van der Waals surface area contributed by atoms with Crippen molar-refractivity contribution < 1.29 is 8.42 Å². The Labute approximate surface area is 215 Å². The average molecular weight is 512 g/mol. The van der Waals surface area contributed by atoms with Gasteiger partial charge in [-0.25, -0.2) is 23.1 Å². The zero-order valence-corrected chi connectivity index (χ0v) is 21.1. The molecule has 5 rings (SSSR count). The number of aromatic nitrogens is 4. The monoisotopic (exact) mass is 511 g/mol. The number of aryl methyl sites for hydroxylation is 2. The summed E-state index contributed by atoms with van der Waals surface area (Å²) >= 11 is 0. The van der Waals surface area contributed by atoms with E-state index in [4.69, 9.17) is 0 Å². The Morgan fingerprint density at radius 3 is 1.86 bits per heavy atom. The lowest BCUT2D eigenvalue weighted by Crippen LogP contribution is -2.13. The lowest BCUT2D eigenvalue weighted by molar-refractivity contribution is 0.601. The molecule has 0 unspecified atom stereocenters. The van der Waals surface area contributed by atoms with Crippen molar-refractivity contribution in [1.29, 1.82) is 0 Å². The molecule has 5 aromatic rings. The molecule has 0 radical (unpaired) electrons. The SMILES string of the molecule is Cc1ccc(Nc2cc(Nc3ccc(NS(=O)(=O)c4ccc(-n5cccn5)cc4)cc3)nc(C)n2)cc1. The standard InChI is InChI=1S/C27H25N7O2S/c1-19-4-6-21(7-5-19)31-26-18-27(30-20(2)29-26)32-22-8-10-23(11-9-22)33-37(35,36)25-14-12-24(13-15-25)34-17-3-16-28-34/h3-18,33H,1-2H3,(H2,29,30,31,32). The quantitative estimate of drug-likeness (QED) is 0.250. The summed E-state index contributed by atoms with van der Waals surface area (Å²) in [6.45, 7) is 3.86. The fourth-order valence-electron chi connectivity index (χ4n) is 3.66. The topological polar surface area (TPSA) is 114 Å². The maximum absolute atomic E-state index is 12.8. The van der Waals surface area contributed by atoms with Crippen LogP contribution in [0.3, 0.4) is 0 Å². The van der Waals surface area contributed by atoms with Crippen LogP contribution >= 0.6 is 0 Å². The van der Waals surface area contributed by atoms with Gasteiger partial charge in [-0.05, 0) is 80.6 Å². The van der Waals surface area contributed by atoms with E-state index in [1.165, 1.54) is 5.56 Å². The van der Waals surface area contributed by atoms with Crippen LogP contribution in [-0.2, 0) is 10.0 Å². The van der Waals surface area contributed by atoms with Crippen LogP contribution in [0, 0.1) is 13.8 Å². The van der Waals surface area contributed by atoms with Gasteiger partial charge in [0.05, 0.1) is 10.6 Å². The third-order valence-electron chi connectivity index (χ3n) is 5.49. The average Bonchev–Trinajstić information content (AvgIpc) is 3.42. The van der Waals surface area contributed by atoms with Gasteiger partial charge in [0.1, 0.15) is 17.5 Å². The summed E-state index contributed by atoms with van der Waals surface area (Å²) in [5, 5.41) is 10.7. The van der Waals surface area contributed by atoms with E-state index < -0.39 is 10.0 Å². The van der Waals surface area contributed by atoms with Gasteiger partial charge in [-0.1, -0.05) is 17.7 Å². The molecule has 3 N–H and O–H groups in total. The first-order valence-corrected chi connectivity index (χ1v) is 13.0. The third kappa shape index (κ3) is 5.93. The second-order valence-electron chi connectivity index (χ2n) is 8.43. The smallest absolute Gasteiger partial charge is 0.261 e. The Morgan fingerprint density at radius 1 is 0.730 bits per heavy atom. The molecule has 37 heavy (non-hydrogen) atoms. The molecule has 0 saturated carbocycles. The Balaban J connectivity index is 1.26. The van der Waals surface area contributed by atoms with Crippen LogP contribution in [0.4, 0.5) is 28.7 Å². The van der Waals surface area contributed by atoms with Crippen molar-refractivity contribution in [1.82, 2.24) is 19.7 Å². The number of benzene rings is 3. The number of hydrogen-bond acceptors (Lipinski definition) is 7. The van der Waals surface area contributed by atoms with E-state index in [9.17, 15) is 8.42 Å². The highest BCUT2D eigenvalue weighted by Gasteiger charge is 2.14. The van der Waals surface area contributed by atoms with Crippen molar-refractivity contribution in [3.8, 4) is 5.69 Å². The maximum atomic E-state index is 12.8. The van der Waals surface area contributed by atoms with Gasteiger partial charge in [-0.3, -0.25) is 4.72 Å². The van der Waals surface area contributed by atoms with Gasteiger partial charge in [0.25, 0.3) is 10.0 Å². The molecule has 0 aliphatic carbocycles. The van der Waals surface area contributed by atoms with Gasteiger partial charge in [0.2, 0.25) is 0 Å². The van der Waals surface area contributed by atoms with Crippen molar-refractivity contribution >= 4 is 38.7 Å². The molecular weight excluding hydrogens is 486 g/mol. The summed E-state index contributed by atoms with van der Waals surface area (Å²) in [4.78, 5) is 9.07. The summed E-state index contributed by atoms with van der Waals surface area (Å²) in [5.41, 5.74) is 4.09. The van der Waals surface area contributed by atoms with Crippen molar-refractivity contribution in [2.45, 2.75) is 18.7 Å². The van der Waals surface area contributed by atoms with Gasteiger partial charge in [-0.2, -0.15) is 5.10 Å². The fraction of sp³-hybridized carbons (Fsp3) is 0.0741. The highest BCUT2D eigenvalue weighted by Crippen LogP contribution is 2.23. The summed E-state index contributed by atoms with van der Waals surface area (Å²) in [6.07, 6.45) is 3.46. The molecule has 0 bridgehead atoms. The first-order chi connectivity index (χ1) is 17.8. The summed E-state index contributed by atoms with van der Waals surface area (Å²) in [7, 11) is -3.74. The highest BCUT2D eigenvalue weighted by atomic mass is 32.2. The molecule has 186 valence electrons. The maximum Gasteiger partial charge on any atom is 0.261 e. The number of rotatable bonds is 8. The summed E-state index contributed by atoms with van der Waals surface area (Å²) < 4.78 is 30.0. The second kappa shape index (κ2) is 10.1. The number of sulfonamides is 1. The van der Waals surface area contributed by atoms with Gasteiger partial charge >= 0.3 is 0 Å². The predicted octanol–water partition coefficient (Wildman–Crippen LogP) is 5.57. The molecule has 0 aliphatic rings. The van der Waals surface area contributed by atoms with Gasteiger partial charge in [0.15, 0.2) is 0 Å². The molecule has 0 amide bonds. The molecule has 2 aromatic heterocycles. The van der Waals surface area contributed by atoms with Crippen LogP contribution in [0.25, 0.3) is 5.69 Å². The zero-order chi connectivity index (χ0) is 25.8. The minimum absolute atomic E-state index is 0.163. The van der Waals surface area contributed by atoms with E-state index in [0.29, 0.717) is 23.1 Å². The van der Waals surface area contributed by atoms with E-state index in [1.54, 1.807) is 71.7 Å². The van der Waals surface area contributed by atoms with Crippen LogP contribution in [0.1, 0.15) is 11.4 Å². The Kier molecular flexibility index (Phi) is 6.57. The largest absolute Gasteiger partial charge is 0.340 e. The molecule has 10 heteroatoms. The van der Waals surface area contributed by atoms with E-state index in [-0.39, 0.29) is 4.90 Å². The molecule has 0 fully saturated rings. The molecule has 9 nitrogen and oxygen atoms in total. The Bertz CT molecular complexity index is 1600. The Morgan fingerprint density at radius 2 is 1.30 bits per heavy atom. The van der Waals surface area contributed by atoms with Crippen molar-refractivity contribution in [3.63, 3.8) is 0 Å². The van der Waals surface area contributed by atoms with Crippen molar-refractivity contribution in [2.75, 3.05) is 15.4 Å².